The number of sulfone groups is 1. The van der Waals surface area contributed by atoms with Gasteiger partial charge >= 0.3 is 0 Å². The first-order chi connectivity index (χ1) is 10.2. The molecule has 0 bridgehead atoms. The summed E-state index contributed by atoms with van der Waals surface area (Å²) >= 11 is 5.88. The van der Waals surface area contributed by atoms with Crippen molar-refractivity contribution in [1.82, 2.24) is 4.90 Å². The fourth-order valence-corrected chi connectivity index (χ4v) is 3.32. The van der Waals surface area contributed by atoms with E-state index in [1.165, 1.54) is 23.1 Å². The lowest BCUT2D eigenvalue weighted by Crippen LogP contribution is -2.26. The standard InChI is InChI=1S/C15H16ClNO4S/c1-10-4-6-12(21-10)9-17(2)15(18)11-5-7-13(16)14(8-11)22(3,19)20/h4-8H,9H2,1-3H3. The number of rotatable bonds is 4. The summed E-state index contributed by atoms with van der Waals surface area (Å²) in [6.45, 7) is 2.12. The number of carbonyl (C=O) groups excluding carboxylic acids is 1. The second-order valence-corrected chi connectivity index (χ2v) is 7.48. The summed E-state index contributed by atoms with van der Waals surface area (Å²) in [6.07, 6.45) is 1.05. The maximum absolute atomic E-state index is 12.4. The predicted octanol–water partition coefficient (Wildman–Crippen LogP) is 2.92. The summed E-state index contributed by atoms with van der Waals surface area (Å²) in [5.41, 5.74) is 0.260. The molecule has 0 fully saturated rings. The SMILES string of the molecule is Cc1ccc(CN(C)C(=O)c2ccc(Cl)c(S(C)(=O)=O)c2)o1. The molecule has 0 saturated carbocycles. The number of amides is 1. The van der Waals surface area contributed by atoms with Gasteiger partial charge in [-0.15, -0.1) is 0 Å². The van der Waals surface area contributed by atoms with Crippen molar-refractivity contribution in [3.05, 3.63) is 52.4 Å². The normalized spacial score (nSPS) is 11.5. The van der Waals surface area contributed by atoms with Crippen LogP contribution in [0.3, 0.4) is 0 Å². The van der Waals surface area contributed by atoms with Gasteiger partial charge in [0.2, 0.25) is 0 Å². The van der Waals surface area contributed by atoms with Crippen LogP contribution in [-0.2, 0) is 16.4 Å². The number of benzene rings is 1. The average Bonchev–Trinajstić information content (AvgIpc) is 2.82. The number of hydrogen-bond acceptors (Lipinski definition) is 4. The molecular formula is C15H16ClNO4S. The maximum Gasteiger partial charge on any atom is 0.254 e. The summed E-state index contributed by atoms with van der Waals surface area (Å²) in [6, 6.07) is 7.82. The van der Waals surface area contributed by atoms with Crippen molar-refractivity contribution >= 4 is 27.3 Å². The van der Waals surface area contributed by atoms with Gasteiger partial charge in [0.05, 0.1) is 16.5 Å². The fraction of sp³-hybridized carbons (Fsp3) is 0.267. The Bertz CT molecular complexity index is 811. The highest BCUT2D eigenvalue weighted by Crippen LogP contribution is 2.23. The summed E-state index contributed by atoms with van der Waals surface area (Å²) < 4.78 is 28.8. The molecule has 0 unspecified atom stereocenters. The molecule has 0 atom stereocenters. The van der Waals surface area contributed by atoms with Crippen molar-refractivity contribution in [2.24, 2.45) is 0 Å². The van der Waals surface area contributed by atoms with Crippen LogP contribution in [0.5, 0.6) is 0 Å². The zero-order chi connectivity index (χ0) is 16.5. The molecule has 1 aromatic heterocycles. The molecular weight excluding hydrogens is 326 g/mol. The van der Waals surface area contributed by atoms with E-state index >= 15 is 0 Å². The van der Waals surface area contributed by atoms with Gasteiger partial charge in [0, 0.05) is 18.9 Å². The lowest BCUT2D eigenvalue weighted by molar-refractivity contribution is 0.0774. The number of furan rings is 1. The van der Waals surface area contributed by atoms with Gasteiger partial charge in [-0.1, -0.05) is 11.6 Å². The van der Waals surface area contributed by atoms with Gasteiger partial charge in [-0.05, 0) is 37.3 Å². The molecule has 1 aromatic carbocycles. The summed E-state index contributed by atoms with van der Waals surface area (Å²) in [5.74, 6) is 1.11. The van der Waals surface area contributed by atoms with Gasteiger partial charge in [-0.2, -0.15) is 0 Å². The molecule has 2 aromatic rings. The first kappa shape index (κ1) is 16.6. The van der Waals surface area contributed by atoms with E-state index in [1.807, 2.05) is 13.0 Å². The van der Waals surface area contributed by atoms with Gasteiger partial charge in [0.1, 0.15) is 11.5 Å². The van der Waals surface area contributed by atoms with Crippen molar-refractivity contribution in [2.75, 3.05) is 13.3 Å². The Morgan fingerprint density at radius 2 is 1.95 bits per heavy atom. The highest BCUT2D eigenvalue weighted by Gasteiger charge is 2.18. The summed E-state index contributed by atoms with van der Waals surface area (Å²) in [5, 5.41) is 0.100. The van der Waals surface area contributed by atoms with E-state index in [0.717, 1.165) is 12.0 Å². The molecule has 118 valence electrons. The van der Waals surface area contributed by atoms with Crippen LogP contribution in [0.15, 0.2) is 39.6 Å². The molecule has 0 radical (unpaired) electrons. The molecule has 0 aliphatic heterocycles. The van der Waals surface area contributed by atoms with E-state index in [9.17, 15) is 13.2 Å². The molecule has 0 spiro atoms. The van der Waals surface area contributed by atoms with Crippen molar-refractivity contribution in [3.8, 4) is 0 Å². The zero-order valence-corrected chi connectivity index (χ0v) is 14.0. The maximum atomic E-state index is 12.4. The van der Waals surface area contributed by atoms with Crippen LogP contribution in [0.4, 0.5) is 0 Å². The van der Waals surface area contributed by atoms with E-state index < -0.39 is 9.84 Å². The van der Waals surface area contributed by atoms with Crippen LogP contribution in [0, 0.1) is 6.92 Å². The monoisotopic (exact) mass is 341 g/mol. The minimum atomic E-state index is -3.49. The topological polar surface area (TPSA) is 67.6 Å². The number of nitrogens with zero attached hydrogens (tertiary/aromatic N) is 1. The minimum absolute atomic E-state index is 0.0535. The molecule has 2 rings (SSSR count). The minimum Gasteiger partial charge on any atom is -0.464 e. The molecule has 7 heteroatoms. The van der Waals surface area contributed by atoms with Crippen LogP contribution < -0.4 is 0 Å². The fourth-order valence-electron chi connectivity index (χ4n) is 2.02. The quantitative estimate of drug-likeness (QED) is 0.857. The first-order valence-electron chi connectivity index (χ1n) is 6.49. The largest absolute Gasteiger partial charge is 0.464 e. The van der Waals surface area contributed by atoms with Gasteiger partial charge in [-0.3, -0.25) is 4.79 Å². The second-order valence-electron chi connectivity index (χ2n) is 5.09. The lowest BCUT2D eigenvalue weighted by atomic mass is 10.2. The van der Waals surface area contributed by atoms with E-state index in [2.05, 4.69) is 0 Å². The molecule has 1 heterocycles. The molecule has 22 heavy (non-hydrogen) atoms. The molecule has 5 nitrogen and oxygen atoms in total. The Labute approximate surface area is 134 Å². The Balaban J connectivity index is 2.25. The number of carbonyl (C=O) groups is 1. The summed E-state index contributed by atoms with van der Waals surface area (Å²) in [7, 11) is -1.87. The average molecular weight is 342 g/mol. The Morgan fingerprint density at radius 1 is 1.27 bits per heavy atom. The molecule has 0 aliphatic rings. The highest BCUT2D eigenvalue weighted by molar-refractivity contribution is 7.90. The van der Waals surface area contributed by atoms with E-state index in [1.54, 1.807) is 13.1 Å². The first-order valence-corrected chi connectivity index (χ1v) is 8.76. The van der Waals surface area contributed by atoms with Gasteiger partial charge in [0.25, 0.3) is 5.91 Å². The second kappa shape index (κ2) is 6.14. The number of halogens is 1. The third-order valence-corrected chi connectivity index (χ3v) is 4.69. The number of hydrogen-bond donors (Lipinski definition) is 0. The van der Waals surface area contributed by atoms with Crippen molar-refractivity contribution < 1.29 is 17.6 Å². The van der Waals surface area contributed by atoms with Gasteiger partial charge in [-0.25, -0.2) is 8.42 Å². The Morgan fingerprint density at radius 3 is 2.50 bits per heavy atom. The highest BCUT2D eigenvalue weighted by atomic mass is 35.5. The van der Waals surface area contributed by atoms with Crippen LogP contribution >= 0.6 is 11.6 Å². The van der Waals surface area contributed by atoms with Gasteiger partial charge in [0.15, 0.2) is 9.84 Å². The van der Waals surface area contributed by atoms with E-state index in [0.29, 0.717) is 12.3 Å². The van der Waals surface area contributed by atoms with Crippen LogP contribution in [0.2, 0.25) is 5.02 Å². The molecule has 0 N–H and O–H groups in total. The van der Waals surface area contributed by atoms with E-state index in [4.69, 9.17) is 16.0 Å². The van der Waals surface area contributed by atoms with Crippen LogP contribution in [0.25, 0.3) is 0 Å². The number of aryl methyl sites for hydroxylation is 1. The van der Waals surface area contributed by atoms with Crippen LogP contribution in [-0.4, -0.2) is 32.5 Å². The van der Waals surface area contributed by atoms with Crippen molar-refractivity contribution in [2.45, 2.75) is 18.4 Å². The molecule has 1 amide bonds. The third-order valence-electron chi connectivity index (χ3n) is 3.11. The van der Waals surface area contributed by atoms with Crippen LogP contribution in [0.1, 0.15) is 21.9 Å². The molecule has 0 aliphatic carbocycles. The Hall–Kier alpha value is -1.79. The van der Waals surface area contributed by atoms with Gasteiger partial charge < -0.3 is 9.32 Å². The van der Waals surface area contributed by atoms with Crippen molar-refractivity contribution in [1.29, 1.82) is 0 Å². The smallest absolute Gasteiger partial charge is 0.254 e. The Kier molecular flexibility index (Phi) is 4.63. The van der Waals surface area contributed by atoms with E-state index in [-0.39, 0.29) is 21.4 Å². The predicted molar refractivity (Wildman–Crippen MR) is 83.8 cm³/mol. The zero-order valence-electron chi connectivity index (χ0n) is 12.5. The molecule has 0 saturated heterocycles. The van der Waals surface area contributed by atoms with Crippen molar-refractivity contribution in [3.63, 3.8) is 0 Å². The summed E-state index contributed by atoms with van der Waals surface area (Å²) in [4.78, 5) is 13.8. The third kappa shape index (κ3) is 3.69. The lowest BCUT2D eigenvalue weighted by Gasteiger charge is -2.16.